The fourth-order valence-corrected chi connectivity index (χ4v) is 4.51. The molecule has 0 atom stereocenters. The molecule has 0 spiro atoms. The van der Waals surface area contributed by atoms with E-state index in [2.05, 4.69) is 31.8 Å². The molecule has 0 aliphatic carbocycles. The lowest BCUT2D eigenvalue weighted by Crippen LogP contribution is -2.39. The lowest BCUT2D eigenvalue weighted by Gasteiger charge is -2.22. The minimum absolute atomic E-state index is 0.242. The lowest BCUT2D eigenvalue weighted by molar-refractivity contribution is -0.119. The van der Waals surface area contributed by atoms with Crippen LogP contribution in [0, 0.1) is 0 Å². The first-order valence-corrected chi connectivity index (χ1v) is 12.8. The molecule has 3 aromatic rings. The van der Waals surface area contributed by atoms with Crippen molar-refractivity contribution in [2.45, 2.75) is 6.92 Å². The Morgan fingerprint density at radius 1 is 0.941 bits per heavy atom. The summed E-state index contributed by atoms with van der Waals surface area (Å²) in [6.45, 7) is 1.26. The maximum Gasteiger partial charge on any atom is 0.260 e. The molecule has 0 heterocycles. The number of hydrogen-bond donors (Lipinski definition) is 2. The average Bonchev–Trinajstić information content (AvgIpc) is 2.81. The number of amides is 2. The highest BCUT2D eigenvalue weighted by atomic mass is 79.9. The number of hydrazone groups is 1. The van der Waals surface area contributed by atoms with E-state index in [0.29, 0.717) is 32.7 Å². The summed E-state index contributed by atoms with van der Waals surface area (Å²) < 4.78 is 26.1. The predicted octanol–water partition coefficient (Wildman–Crippen LogP) is 4.01. The van der Waals surface area contributed by atoms with E-state index in [1.165, 1.54) is 0 Å². The molecule has 0 unspecified atom stereocenters. The van der Waals surface area contributed by atoms with Crippen LogP contribution in [0.25, 0.3) is 0 Å². The third-order valence-corrected chi connectivity index (χ3v) is 6.53. The smallest absolute Gasteiger partial charge is 0.260 e. The number of nitrogens with one attached hydrogen (secondary N) is 2. The van der Waals surface area contributed by atoms with E-state index in [4.69, 9.17) is 0 Å². The third-order valence-electron chi connectivity index (χ3n) is 4.73. The van der Waals surface area contributed by atoms with Gasteiger partial charge in [0, 0.05) is 15.7 Å². The molecule has 0 radical (unpaired) electrons. The number of rotatable bonds is 8. The number of para-hydroxylation sites is 1. The van der Waals surface area contributed by atoms with E-state index in [9.17, 15) is 18.0 Å². The van der Waals surface area contributed by atoms with Gasteiger partial charge in [-0.1, -0.05) is 42.5 Å². The zero-order valence-electron chi connectivity index (χ0n) is 18.5. The standard InChI is InChI=1S/C24H23BrN4O4S/c1-17(19-11-8-12-20(15-19)26-24(31)18-9-4-3-5-10-18)27-28-23(30)16-29(34(2,32)33)22-14-7-6-13-21(22)25/h3-15H,16H2,1-2H3,(H,26,31)(H,28,30)/b27-17-. The molecule has 2 amide bonds. The molecule has 8 nitrogen and oxygen atoms in total. The molecule has 176 valence electrons. The molecule has 2 N–H and O–H groups in total. The van der Waals surface area contributed by atoms with Crippen molar-refractivity contribution in [1.29, 1.82) is 0 Å². The molecule has 3 aromatic carbocycles. The summed E-state index contributed by atoms with van der Waals surface area (Å²) in [5, 5.41) is 6.92. The van der Waals surface area contributed by atoms with Gasteiger partial charge in [0.2, 0.25) is 10.0 Å². The molecule has 3 rings (SSSR count). The van der Waals surface area contributed by atoms with Gasteiger partial charge in [0.05, 0.1) is 17.7 Å². The number of hydrogen-bond acceptors (Lipinski definition) is 5. The van der Waals surface area contributed by atoms with Crippen LogP contribution in [0.4, 0.5) is 11.4 Å². The lowest BCUT2D eigenvalue weighted by atomic mass is 10.1. The molecule has 10 heteroatoms. The van der Waals surface area contributed by atoms with Crippen LogP contribution < -0.4 is 15.0 Å². The van der Waals surface area contributed by atoms with Gasteiger partial charge in [0.25, 0.3) is 11.8 Å². The van der Waals surface area contributed by atoms with Gasteiger partial charge in [-0.05, 0) is 64.8 Å². The van der Waals surface area contributed by atoms with Gasteiger partial charge in [-0.25, -0.2) is 13.8 Å². The van der Waals surface area contributed by atoms with Crippen molar-refractivity contribution in [3.8, 4) is 0 Å². The maximum atomic E-state index is 12.5. The second-order valence-electron chi connectivity index (χ2n) is 7.35. The van der Waals surface area contributed by atoms with Crippen LogP contribution in [0.1, 0.15) is 22.8 Å². The molecule has 0 aliphatic heterocycles. The Balaban J connectivity index is 1.69. The van der Waals surface area contributed by atoms with Crippen molar-refractivity contribution in [1.82, 2.24) is 5.43 Å². The van der Waals surface area contributed by atoms with E-state index >= 15 is 0 Å². The number of carbonyl (C=O) groups is 2. The van der Waals surface area contributed by atoms with Gasteiger partial charge in [-0.2, -0.15) is 5.10 Å². The summed E-state index contributed by atoms with van der Waals surface area (Å²) in [7, 11) is -3.71. The maximum absolute atomic E-state index is 12.5. The van der Waals surface area contributed by atoms with E-state index in [1.807, 2.05) is 6.07 Å². The molecule has 0 aromatic heterocycles. The largest absolute Gasteiger partial charge is 0.322 e. The number of sulfonamides is 1. The minimum atomic E-state index is -3.71. The van der Waals surface area contributed by atoms with Crippen molar-refractivity contribution in [2.24, 2.45) is 5.10 Å². The van der Waals surface area contributed by atoms with E-state index < -0.39 is 22.5 Å². The van der Waals surface area contributed by atoms with Gasteiger partial charge in [-0.3, -0.25) is 13.9 Å². The van der Waals surface area contributed by atoms with Crippen LogP contribution in [0.3, 0.4) is 0 Å². The highest BCUT2D eigenvalue weighted by Crippen LogP contribution is 2.27. The quantitative estimate of drug-likeness (QED) is 0.331. The van der Waals surface area contributed by atoms with Gasteiger partial charge < -0.3 is 5.32 Å². The SMILES string of the molecule is C/C(=N/NC(=O)CN(c1ccccc1Br)S(C)(=O)=O)c1cccc(NC(=O)c2ccccc2)c1. The molecule has 0 saturated heterocycles. The van der Waals surface area contributed by atoms with Crippen LogP contribution in [-0.4, -0.2) is 38.7 Å². The first kappa shape index (κ1) is 25.1. The summed E-state index contributed by atoms with van der Waals surface area (Å²) in [4.78, 5) is 24.9. The molecular weight excluding hydrogens is 520 g/mol. The Kier molecular flexibility index (Phi) is 8.19. The predicted molar refractivity (Wildman–Crippen MR) is 138 cm³/mol. The fraction of sp³-hybridized carbons (Fsp3) is 0.125. The number of benzene rings is 3. The number of nitrogens with zero attached hydrogens (tertiary/aromatic N) is 2. The summed E-state index contributed by atoms with van der Waals surface area (Å²) in [6, 6.07) is 22.6. The summed E-state index contributed by atoms with van der Waals surface area (Å²) in [5.74, 6) is -0.845. The Morgan fingerprint density at radius 2 is 1.59 bits per heavy atom. The molecule has 0 bridgehead atoms. The van der Waals surface area contributed by atoms with Crippen molar-refractivity contribution in [3.63, 3.8) is 0 Å². The molecule has 0 aliphatic rings. The summed E-state index contributed by atoms with van der Waals surface area (Å²) in [5.41, 5.74) is 5.02. The van der Waals surface area contributed by atoms with Crippen molar-refractivity contribution in [2.75, 3.05) is 22.4 Å². The number of anilines is 2. The Bertz CT molecular complexity index is 1330. The van der Waals surface area contributed by atoms with Gasteiger partial charge >= 0.3 is 0 Å². The van der Waals surface area contributed by atoms with Crippen molar-refractivity contribution >= 4 is 54.9 Å². The Hall–Kier alpha value is -3.50. The number of carbonyl (C=O) groups excluding carboxylic acids is 2. The monoisotopic (exact) mass is 542 g/mol. The van der Waals surface area contributed by atoms with Gasteiger partial charge in [-0.15, -0.1) is 0 Å². The van der Waals surface area contributed by atoms with Crippen LogP contribution in [0.15, 0.2) is 88.4 Å². The fourth-order valence-electron chi connectivity index (χ4n) is 3.03. The third kappa shape index (κ3) is 6.75. The molecule has 34 heavy (non-hydrogen) atoms. The van der Waals surface area contributed by atoms with E-state index in [1.54, 1.807) is 79.7 Å². The average molecular weight is 543 g/mol. The summed E-state index contributed by atoms with van der Waals surface area (Å²) in [6.07, 6.45) is 1.03. The van der Waals surface area contributed by atoms with Crippen LogP contribution in [0.5, 0.6) is 0 Å². The first-order chi connectivity index (χ1) is 16.1. The summed E-state index contributed by atoms with van der Waals surface area (Å²) >= 11 is 3.32. The highest BCUT2D eigenvalue weighted by molar-refractivity contribution is 9.10. The van der Waals surface area contributed by atoms with Crippen molar-refractivity contribution in [3.05, 3.63) is 94.5 Å². The molecule has 0 fully saturated rings. The Labute approximate surface area is 206 Å². The second-order valence-corrected chi connectivity index (χ2v) is 10.1. The molecule has 0 saturated carbocycles. The van der Waals surface area contributed by atoms with E-state index in [0.717, 1.165) is 10.6 Å². The van der Waals surface area contributed by atoms with Gasteiger partial charge in [0.15, 0.2) is 0 Å². The van der Waals surface area contributed by atoms with Crippen molar-refractivity contribution < 1.29 is 18.0 Å². The zero-order chi connectivity index (χ0) is 24.7. The molecular formula is C24H23BrN4O4S. The topological polar surface area (TPSA) is 108 Å². The van der Waals surface area contributed by atoms with Gasteiger partial charge in [0.1, 0.15) is 6.54 Å². The highest BCUT2D eigenvalue weighted by Gasteiger charge is 2.22. The van der Waals surface area contributed by atoms with E-state index in [-0.39, 0.29) is 5.91 Å². The minimum Gasteiger partial charge on any atom is -0.322 e. The van der Waals surface area contributed by atoms with Crippen LogP contribution >= 0.6 is 15.9 Å². The normalized spacial score (nSPS) is 11.6. The zero-order valence-corrected chi connectivity index (χ0v) is 20.9. The van der Waals surface area contributed by atoms with Crippen LogP contribution in [-0.2, 0) is 14.8 Å². The number of halogens is 1. The van der Waals surface area contributed by atoms with Crippen LogP contribution in [0.2, 0.25) is 0 Å². The first-order valence-electron chi connectivity index (χ1n) is 10.2. The second kappa shape index (κ2) is 11.1. The Morgan fingerprint density at radius 3 is 2.26 bits per heavy atom.